The summed E-state index contributed by atoms with van der Waals surface area (Å²) >= 11 is 0. The van der Waals surface area contributed by atoms with Gasteiger partial charge in [-0.25, -0.2) is 0 Å². The van der Waals surface area contributed by atoms with Crippen molar-refractivity contribution in [3.05, 3.63) is 0 Å². The number of hydrogen-bond acceptors (Lipinski definition) is 1. The van der Waals surface area contributed by atoms with Crippen LogP contribution in [0.3, 0.4) is 0 Å². The van der Waals surface area contributed by atoms with Crippen LogP contribution in [0.25, 0.3) is 0 Å². The van der Waals surface area contributed by atoms with Crippen molar-refractivity contribution in [1.29, 1.82) is 0 Å². The molecule has 46 valence electrons. The fraction of sp³-hybridized carbons (Fsp3) is 0.714. The van der Waals surface area contributed by atoms with Crippen LogP contribution < -0.4 is 5.32 Å². The van der Waals surface area contributed by atoms with Gasteiger partial charge in [-0.1, -0.05) is 5.92 Å². The minimum Gasteiger partial charge on any atom is -0.305 e. The molecule has 8 heavy (non-hydrogen) atoms. The van der Waals surface area contributed by atoms with Crippen LogP contribution in [0, 0.1) is 11.8 Å². The highest BCUT2D eigenvalue weighted by Crippen LogP contribution is 1.95. The monoisotopic (exact) mass is 111 g/mol. The fourth-order valence-electron chi connectivity index (χ4n) is 0.375. The van der Waals surface area contributed by atoms with Crippen molar-refractivity contribution in [2.24, 2.45) is 0 Å². The second-order valence-corrected chi connectivity index (χ2v) is 2.25. The molecular formula is C7H13N. The molecule has 0 aromatic carbocycles. The van der Waals surface area contributed by atoms with Crippen LogP contribution in [-0.2, 0) is 0 Å². The maximum atomic E-state index is 3.07. The van der Waals surface area contributed by atoms with Gasteiger partial charge in [0.2, 0.25) is 0 Å². The van der Waals surface area contributed by atoms with Gasteiger partial charge in [-0.05, 0) is 27.8 Å². The van der Waals surface area contributed by atoms with Gasteiger partial charge in [0.05, 0.1) is 5.54 Å². The van der Waals surface area contributed by atoms with E-state index in [0.717, 1.165) is 0 Å². The molecule has 0 aliphatic rings. The maximum Gasteiger partial charge on any atom is 0.0741 e. The zero-order chi connectivity index (χ0) is 6.62. The standard InChI is InChI=1S/C7H13N/c1-5-6-7(2,3)8-4/h8H,1-4H3. The van der Waals surface area contributed by atoms with E-state index in [4.69, 9.17) is 0 Å². The summed E-state index contributed by atoms with van der Waals surface area (Å²) in [5, 5.41) is 3.07. The van der Waals surface area contributed by atoms with Gasteiger partial charge in [0.1, 0.15) is 0 Å². The van der Waals surface area contributed by atoms with Crippen molar-refractivity contribution < 1.29 is 0 Å². The van der Waals surface area contributed by atoms with Crippen molar-refractivity contribution in [3.8, 4) is 11.8 Å². The third-order valence-electron chi connectivity index (χ3n) is 1.06. The zero-order valence-corrected chi connectivity index (χ0v) is 6.00. The lowest BCUT2D eigenvalue weighted by Crippen LogP contribution is -2.34. The van der Waals surface area contributed by atoms with Crippen LogP contribution in [0.5, 0.6) is 0 Å². The molecule has 0 atom stereocenters. The van der Waals surface area contributed by atoms with Crippen LogP contribution in [0.2, 0.25) is 0 Å². The molecule has 0 saturated heterocycles. The van der Waals surface area contributed by atoms with E-state index >= 15 is 0 Å². The van der Waals surface area contributed by atoms with Crippen molar-refractivity contribution >= 4 is 0 Å². The van der Waals surface area contributed by atoms with Crippen molar-refractivity contribution in [2.75, 3.05) is 7.05 Å². The van der Waals surface area contributed by atoms with E-state index in [1.807, 2.05) is 27.8 Å². The molecule has 0 spiro atoms. The van der Waals surface area contributed by atoms with E-state index in [2.05, 4.69) is 17.2 Å². The first-order valence-corrected chi connectivity index (χ1v) is 2.75. The molecule has 1 heteroatoms. The van der Waals surface area contributed by atoms with Gasteiger partial charge >= 0.3 is 0 Å². The van der Waals surface area contributed by atoms with Crippen molar-refractivity contribution in [1.82, 2.24) is 5.32 Å². The average molecular weight is 111 g/mol. The van der Waals surface area contributed by atoms with Gasteiger partial charge in [0, 0.05) is 0 Å². The summed E-state index contributed by atoms with van der Waals surface area (Å²) in [6.45, 7) is 5.94. The van der Waals surface area contributed by atoms with Crippen molar-refractivity contribution in [2.45, 2.75) is 26.3 Å². The summed E-state index contributed by atoms with van der Waals surface area (Å²) in [4.78, 5) is 0. The third-order valence-corrected chi connectivity index (χ3v) is 1.06. The van der Waals surface area contributed by atoms with E-state index in [1.165, 1.54) is 0 Å². The fourth-order valence-corrected chi connectivity index (χ4v) is 0.375. The largest absolute Gasteiger partial charge is 0.305 e. The topological polar surface area (TPSA) is 12.0 Å². The van der Waals surface area contributed by atoms with Crippen LogP contribution in [0.1, 0.15) is 20.8 Å². The highest BCUT2D eigenvalue weighted by molar-refractivity contribution is 5.11. The first kappa shape index (κ1) is 7.52. The highest BCUT2D eigenvalue weighted by Gasteiger charge is 2.07. The molecular weight excluding hydrogens is 98.1 g/mol. The Morgan fingerprint density at radius 3 is 2.00 bits per heavy atom. The van der Waals surface area contributed by atoms with E-state index in [0.29, 0.717) is 0 Å². The second-order valence-electron chi connectivity index (χ2n) is 2.25. The van der Waals surface area contributed by atoms with Crippen LogP contribution in [0.4, 0.5) is 0 Å². The Labute approximate surface area is 51.5 Å². The lowest BCUT2D eigenvalue weighted by Gasteiger charge is -2.14. The lowest BCUT2D eigenvalue weighted by molar-refractivity contribution is 0.548. The zero-order valence-electron chi connectivity index (χ0n) is 6.00. The SMILES string of the molecule is CC#CC(C)(C)NC. The molecule has 0 unspecified atom stereocenters. The van der Waals surface area contributed by atoms with Crippen LogP contribution >= 0.6 is 0 Å². The molecule has 0 amide bonds. The van der Waals surface area contributed by atoms with Gasteiger partial charge in [-0.3, -0.25) is 0 Å². The Balaban J connectivity index is 3.85. The van der Waals surface area contributed by atoms with Crippen LogP contribution in [-0.4, -0.2) is 12.6 Å². The molecule has 0 bridgehead atoms. The molecule has 0 fully saturated rings. The summed E-state index contributed by atoms with van der Waals surface area (Å²) in [7, 11) is 1.91. The van der Waals surface area contributed by atoms with Gasteiger partial charge in [-0.2, -0.15) is 0 Å². The van der Waals surface area contributed by atoms with Gasteiger partial charge in [0.15, 0.2) is 0 Å². The highest BCUT2D eigenvalue weighted by atomic mass is 14.9. The Bertz CT molecular complexity index is 114. The minimum atomic E-state index is -0.0191. The summed E-state index contributed by atoms with van der Waals surface area (Å²) < 4.78 is 0. The maximum absolute atomic E-state index is 3.07. The Morgan fingerprint density at radius 2 is 1.88 bits per heavy atom. The normalized spacial score (nSPS) is 10.0. The molecule has 0 aromatic rings. The van der Waals surface area contributed by atoms with Crippen molar-refractivity contribution in [3.63, 3.8) is 0 Å². The molecule has 0 aliphatic carbocycles. The quantitative estimate of drug-likeness (QED) is 0.498. The molecule has 1 nitrogen and oxygen atoms in total. The first-order valence-electron chi connectivity index (χ1n) is 2.75. The predicted octanol–water partition coefficient (Wildman–Crippen LogP) is 1.01. The van der Waals surface area contributed by atoms with E-state index in [-0.39, 0.29) is 5.54 Å². The van der Waals surface area contributed by atoms with Crippen LogP contribution in [0.15, 0.2) is 0 Å². The smallest absolute Gasteiger partial charge is 0.0741 e. The first-order chi connectivity index (χ1) is 3.62. The number of nitrogens with one attached hydrogen (secondary N) is 1. The molecule has 1 N–H and O–H groups in total. The van der Waals surface area contributed by atoms with Gasteiger partial charge < -0.3 is 5.32 Å². The third kappa shape index (κ3) is 2.65. The van der Waals surface area contributed by atoms with Gasteiger partial charge in [-0.15, -0.1) is 5.92 Å². The molecule has 0 aliphatic heterocycles. The molecule has 0 rings (SSSR count). The van der Waals surface area contributed by atoms with E-state index in [9.17, 15) is 0 Å². The van der Waals surface area contributed by atoms with E-state index in [1.54, 1.807) is 0 Å². The predicted molar refractivity (Wildman–Crippen MR) is 36.6 cm³/mol. The second kappa shape index (κ2) is 2.74. The molecule has 0 aromatic heterocycles. The molecule has 0 heterocycles. The minimum absolute atomic E-state index is 0.0191. The summed E-state index contributed by atoms with van der Waals surface area (Å²) in [5.41, 5.74) is -0.0191. The average Bonchev–Trinajstić information content (AvgIpc) is 1.67. The molecule has 0 saturated carbocycles. The number of hydrogen-bond donors (Lipinski definition) is 1. The van der Waals surface area contributed by atoms with Gasteiger partial charge in [0.25, 0.3) is 0 Å². The summed E-state index contributed by atoms with van der Waals surface area (Å²) in [6.07, 6.45) is 0. The summed E-state index contributed by atoms with van der Waals surface area (Å²) in [5.74, 6) is 5.86. The number of rotatable bonds is 1. The molecule has 0 radical (unpaired) electrons. The Hall–Kier alpha value is -0.480. The van der Waals surface area contributed by atoms with E-state index < -0.39 is 0 Å². The Morgan fingerprint density at radius 1 is 1.38 bits per heavy atom. The lowest BCUT2D eigenvalue weighted by atomic mass is 10.1. The Kier molecular flexibility index (Phi) is 2.57. The summed E-state index contributed by atoms with van der Waals surface area (Å²) in [6, 6.07) is 0.